The van der Waals surface area contributed by atoms with Gasteiger partial charge in [0.15, 0.2) is 6.61 Å². The molecule has 0 radical (unpaired) electrons. The number of thiazole rings is 1. The van der Waals surface area contributed by atoms with Crippen molar-refractivity contribution in [3.8, 4) is 11.8 Å². The number of ether oxygens (including phenoxy) is 1. The van der Waals surface area contributed by atoms with Gasteiger partial charge in [-0.15, -0.1) is 11.3 Å². The van der Waals surface area contributed by atoms with Crippen LogP contribution < -0.4 is 10.1 Å². The minimum absolute atomic E-state index is 0.0509. The lowest BCUT2D eigenvalue weighted by Crippen LogP contribution is -2.28. The van der Waals surface area contributed by atoms with E-state index < -0.39 is 0 Å². The number of aromatic nitrogens is 1. The van der Waals surface area contributed by atoms with E-state index in [4.69, 9.17) is 10.00 Å². The summed E-state index contributed by atoms with van der Waals surface area (Å²) in [7, 11) is 0. The van der Waals surface area contributed by atoms with Crippen LogP contribution in [-0.2, 0) is 11.3 Å². The van der Waals surface area contributed by atoms with Gasteiger partial charge in [-0.05, 0) is 24.3 Å². The normalized spacial score (nSPS) is 9.63. The second-order valence-corrected chi connectivity index (χ2v) is 4.64. The number of carbonyl (C=O) groups is 1. The smallest absolute Gasteiger partial charge is 0.258 e. The molecule has 0 aliphatic heterocycles. The minimum atomic E-state index is -0.197. The van der Waals surface area contributed by atoms with Crippen molar-refractivity contribution >= 4 is 17.2 Å². The van der Waals surface area contributed by atoms with E-state index >= 15 is 0 Å². The SMILES string of the molecule is N#Cc1ccc(OCC(=O)NCc2cncs2)cc1. The maximum atomic E-state index is 11.5. The third-order valence-corrected chi connectivity index (χ3v) is 3.08. The molecule has 1 N–H and O–H groups in total. The summed E-state index contributed by atoms with van der Waals surface area (Å²) < 4.78 is 5.30. The van der Waals surface area contributed by atoms with Crippen LogP contribution in [0.25, 0.3) is 0 Å². The molecule has 19 heavy (non-hydrogen) atoms. The molecule has 0 unspecified atom stereocenters. The van der Waals surface area contributed by atoms with Crippen molar-refractivity contribution in [2.45, 2.75) is 6.54 Å². The number of carbonyl (C=O) groups excluding carboxylic acids is 1. The predicted octanol–water partition coefficient (Wildman–Crippen LogP) is 1.71. The highest BCUT2D eigenvalue weighted by Crippen LogP contribution is 2.11. The van der Waals surface area contributed by atoms with E-state index in [-0.39, 0.29) is 12.5 Å². The standard InChI is InChI=1S/C13H11N3O2S/c14-5-10-1-3-11(4-2-10)18-8-13(17)16-7-12-6-15-9-19-12/h1-4,6,9H,7-8H2,(H,16,17). The second kappa shape index (κ2) is 6.52. The lowest BCUT2D eigenvalue weighted by Gasteiger charge is -2.06. The summed E-state index contributed by atoms with van der Waals surface area (Å²) in [5.74, 6) is 0.365. The molecule has 0 aliphatic carbocycles. The Balaban J connectivity index is 1.75. The van der Waals surface area contributed by atoms with Gasteiger partial charge in [0.05, 0.1) is 23.7 Å². The molecule has 1 amide bonds. The van der Waals surface area contributed by atoms with E-state index in [9.17, 15) is 4.79 Å². The molecule has 2 rings (SSSR count). The Hall–Kier alpha value is -2.39. The van der Waals surface area contributed by atoms with E-state index in [2.05, 4.69) is 10.3 Å². The average Bonchev–Trinajstić information content (AvgIpc) is 2.96. The first-order chi connectivity index (χ1) is 9.28. The van der Waals surface area contributed by atoms with Crippen molar-refractivity contribution < 1.29 is 9.53 Å². The van der Waals surface area contributed by atoms with Gasteiger partial charge in [0.25, 0.3) is 5.91 Å². The molecule has 0 atom stereocenters. The molecule has 2 aromatic rings. The summed E-state index contributed by atoms with van der Waals surface area (Å²) in [6.07, 6.45) is 1.71. The van der Waals surface area contributed by atoms with E-state index in [1.807, 2.05) is 6.07 Å². The molecule has 0 saturated carbocycles. The van der Waals surface area contributed by atoms with Crippen LogP contribution in [0, 0.1) is 11.3 Å². The monoisotopic (exact) mass is 273 g/mol. The molecular weight excluding hydrogens is 262 g/mol. The van der Waals surface area contributed by atoms with Crippen LogP contribution in [0.15, 0.2) is 36.0 Å². The van der Waals surface area contributed by atoms with Gasteiger partial charge in [0, 0.05) is 11.1 Å². The lowest BCUT2D eigenvalue weighted by atomic mass is 10.2. The fourth-order valence-corrected chi connectivity index (χ4v) is 1.88. The Morgan fingerprint density at radius 1 is 1.42 bits per heavy atom. The molecule has 0 saturated heterocycles. The first-order valence-corrected chi connectivity index (χ1v) is 6.43. The zero-order valence-electron chi connectivity index (χ0n) is 10.00. The van der Waals surface area contributed by atoms with Crippen LogP contribution in [0.4, 0.5) is 0 Å². The first-order valence-electron chi connectivity index (χ1n) is 5.55. The number of rotatable bonds is 5. The Labute approximate surface area is 114 Å². The molecule has 1 aromatic heterocycles. The topological polar surface area (TPSA) is 75.0 Å². The second-order valence-electron chi connectivity index (χ2n) is 3.67. The van der Waals surface area contributed by atoms with Crippen molar-refractivity contribution in [1.82, 2.24) is 10.3 Å². The Morgan fingerprint density at radius 3 is 2.84 bits per heavy atom. The molecule has 0 fully saturated rings. The van der Waals surface area contributed by atoms with Gasteiger partial charge in [0.2, 0.25) is 0 Å². The third kappa shape index (κ3) is 4.08. The van der Waals surface area contributed by atoms with Crippen LogP contribution in [-0.4, -0.2) is 17.5 Å². The van der Waals surface area contributed by atoms with E-state index in [0.29, 0.717) is 17.9 Å². The lowest BCUT2D eigenvalue weighted by molar-refractivity contribution is -0.123. The van der Waals surface area contributed by atoms with Crippen molar-refractivity contribution in [1.29, 1.82) is 5.26 Å². The number of nitriles is 1. The molecule has 0 spiro atoms. The quantitative estimate of drug-likeness (QED) is 0.899. The molecule has 0 bridgehead atoms. The maximum Gasteiger partial charge on any atom is 0.258 e. The maximum absolute atomic E-state index is 11.5. The average molecular weight is 273 g/mol. The number of nitrogens with one attached hydrogen (secondary N) is 1. The predicted molar refractivity (Wildman–Crippen MR) is 70.6 cm³/mol. The summed E-state index contributed by atoms with van der Waals surface area (Å²) in [5, 5.41) is 11.4. The number of amides is 1. The largest absolute Gasteiger partial charge is 0.484 e. The number of benzene rings is 1. The number of hydrogen-bond acceptors (Lipinski definition) is 5. The molecule has 1 aromatic carbocycles. The van der Waals surface area contributed by atoms with Crippen LogP contribution in [0.2, 0.25) is 0 Å². The molecule has 96 valence electrons. The van der Waals surface area contributed by atoms with Crippen LogP contribution in [0.3, 0.4) is 0 Å². The third-order valence-electron chi connectivity index (χ3n) is 2.30. The summed E-state index contributed by atoms with van der Waals surface area (Å²) in [6, 6.07) is 8.63. The van der Waals surface area contributed by atoms with Crippen molar-refractivity contribution in [3.63, 3.8) is 0 Å². The van der Waals surface area contributed by atoms with Crippen molar-refractivity contribution in [2.24, 2.45) is 0 Å². The van der Waals surface area contributed by atoms with Gasteiger partial charge < -0.3 is 10.1 Å². The van der Waals surface area contributed by atoms with Gasteiger partial charge >= 0.3 is 0 Å². The van der Waals surface area contributed by atoms with Gasteiger partial charge in [-0.2, -0.15) is 5.26 Å². The van der Waals surface area contributed by atoms with E-state index in [0.717, 1.165) is 4.88 Å². The first kappa shape index (κ1) is 13.1. The minimum Gasteiger partial charge on any atom is -0.484 e. The summed E-state index contributed by atoms with van der Waals surface area (Å²) >= 11 is 1.49. The van der Waals surface area contributed by atoms with E-state index in [1.165, 1.54) is 11.3 Å². The van der Waals surface area contributed by atoms with Gasteiger partial charge in [0.1, 0.15) is 5.75 Å². The Morgan fingerprint density at radius 2 is 2.21 bits per heavy atom. The van der Waals surface area contributed by atoms with Crippen molar-refractivity contribution in [2.75, 3.05) is 6.61 Å². The zero-order chi connectivity index (χ0) is 13.5. The molecule has 1 heterocycles. The highest BCUT2D eigenvalue weighted by molar-refractivity contribution is 7.09. The Kier molecular flexibility index (Phi) is 4.48. The number of nitrogens with zero attached hydrogens (tertiary/aromatic N) is 2. The fraction of sp³-hybridized carbons (Fsp3) is 0.154. The highest BCUT2D eigenvalue weighted by atomic mass is 32.1. The fourth-order valence-electron chi connectivity index (χ4n) is 1.34. The summed E-state index contributed by atoms with van der Waals surface area (Å²) in [5.41, 5.74) is 2.27. The van der Waals surface area contributed by atoms with Crippen LogP contribution in [0.1, 0.15) is 10.4 Å². The molecule has 6 heteroatoms. The molecule has 0 aliphatic rings. The Bertz CT molecular complexity index is 573. The highest BCUT2D eigenvalue weighted by Gasteiger charge is 2.03. The van der Waals surface area contributed by atoms with Gasteiger partial charge in [-0.25, -0.2) is 0 Å². The van der Waals surface area contributed by atoms with Crippen LogP contribution in [0.5, 0.6) is 5.75 Å². The van der Waals surface area contributed by atoms with Crippen LogP contribution >= 0.6 is 11.3 Å². The summed E-state index contributed by atoms with van der Waals surface area (Å²) in [6.45, 7) is 0.408. The molecular formula is C13H11N3O2S. The van der Waals surface area contributed by atoms with Crippen molar-refractivity contribution in [3.05, 3.63) is 46.4 Å². The number of hydrogen-bond donors (Lipinski definition) is 1. The summed E-state index contributed by atoms with van der Waals surface area (Å²) in [4.78, 5) is 16.4. The van der Waals surface area contributed by atoms with Gasteiger partial charge in [-0.3, -0.25) is 9.78 Å². The van der Waals surface area contributed by atoms with E-state index in [1.54, 1.807) is 36.0 Å². The molecule has 5 nitrogen and oxygen atoms in total. The zero-order valence-corrected chi connectivity index (χ0v) is 10.8. The van der Waals surface area contributed by atoms with Gasteiger partial charge in [-0.1, -0.05) is 0 Å².